The number of likely N-dealkylation sites (tertiary alicyclic amines) is 1. The minimum Gasteiger partial charge on any atom is -0.481 e. The van der Waals surface area contributed by atoms with Crippen molar-refractivity contribution in [3.05, 3.63) is 0 Å². The summed E-state index contributed by atoms with van der Waals surface area (Å²) >= 11 is 0. The summed E-state index contributed by atoms with van der Waals surface area (Å²) in [5, 5.41) is 9.10. The Morgan fingerprint density at radius 2 is 2.11 bits per heavy atom. The van der Waals surface area contributed by atoms with Crippen LogP contribution in [0.4, 0.5) is 0 Å². The van der Waals surface area contributed by atoms with E-state index in [1.807, 2.05) is 0 Å². The largest absolute Gasteiger partial charge is 0.481 e. The molecule has 2 heterocycles. The maximum absolute atomic E-state index is 11.0. The van der Waals surface area contributed by atoms with E-state index in [9.17, 15) is 4.79 Å². The van der Waals surface area contributed by atoms with Crippen molar-refractivity contribution < 1.29 is 14.6 Å². The van der Waals surface area contributed by atoms with Crippen LogP contribution in [0.3, 0.4) is 0 Å². The van der Waals surface area contributed by atoms with Gasteiger partial charge in [0, 0.05) is 18.7 Å². The summed E-state index contributed by atoms with van der Waals surface area (Å²) in [7, 11) is 0. The monoisotopic (exact) mass is 255 g/mol. The molecule has 0 aromatic rings. The number of piperidine rings is 1. The molecule has 0 saturated carbocycles. The molecule has 104 valence electrons. The van der Waals surface area contributed by atoms with Crippen molar-refractivity contribution in [3.8, 4) is 0 Å². The predicted molar refractivity (Wildman–Crippen MR) is 69.6 cm³/mol. The van der Waals surface area contributed by atoms with Gasteiger partial charge in [-0.15, -0.1) is 0 Å². The van der Waals surface area contributed by atoms with Gasteiger partial charge in [0.25, 0.3) is 0 Å². The summed E-state index contributed by atoms with van der Waals surface area (Å²) in [4.78, 5) is 13.6. The molecule has 0 amide bonds. The van der Waals surface area contributed by atoms with Gasteiger partial charge in [0.2, 0.25) is 0 Å². The Balaban J connectivity index is 1.96. The average molecular weight is 255 g/mol. The Bertz CT molecular complexity index is 316. The van der Waals surface area contributed by atoms with Crippen LogP contribution in [0.2, 0.25) is 0 Å². The van der Waals surface area contributed by atoms with Crippen molar-refractivity contribution in [1.29, 1.82) is 0 Å². The smallest absolute Gasteiger partial charge is 0.306 e. The number of carboxylic acid groups (broad SMARTS) is 1. The highest BCUT2D eigenvalue weighted by Gasteiger charge is 2.37. The molecule has 18 heavy (non-hydrogen) atoms. The van der Waals surface area contributed by atoms with E-state index in [0.717, 1.165) is 38.8 Å². The summed E-state index contributed by atoms with van der Waals surface area (Å²) in [5.41, 5.74) is -0.0354. The zero-order valence-electron chi connectivity index (χ0n) is 11.7. The highest BCUT2D eigenvalue weighted by atomic mass is 16.5. The minimum atomic E-state index is -0.631. The molecule has 0 bridgehead atoms. The van der Waals surface area contributed by atoms with Crippen molar-refractivity contribution in [2.75, 3.05) is 13.2 Å². The molecule has 2 fully saturated rings. The number of hydrogen-bond donors (Lipinski definition) is 1. The maximum Gasteiger partial charge on any atom is 0.306 e. The molecule has 0 spiro atoms. The van der Waals surface area contributed by atoms with Crippen LogP contribution in [0.1, 0.15) is 46.5 Å². The molecule has 3 atom stereocenters. The van der Waals surface area contributed by atoms with Crippen LogP contribution in [0.15, 0.2) is 0 Å². The zero-order valence-corrected chi connectivity index (χ0v) is 11.7. The molecule has 0 aromatic heterocycles. The quantitative estimate of drug-likeness (QED) is 0.821. The summed E-state index contributed by atoms with van der Waals surface area (Å²) in [6.07, 6.45) is 3.70. The first-order valence-corrected chi connectivity index (χ1v) is 7.01. The third-order valence-corrected chi connectivity index (χ3v) is 4.42. The normalized spacial score (nSPS) is 37.4. The molecular weight excluding hydrogens is 230 g/mol. The lowest BCUT2D eigenvalue weighted by Crippen LogP contribution is -2.52. The number of carbonyl (C=O) groups is 1. The first-order valence-electron chi connectivity index (χ1n) is 7.01. The highest BCUT2D eigenvalue weighted by molar-refractivity contribution is 5.70. The van der Waals surface area contributed by atoms with Gasteiger partial charge in [-0.2, -0.15) is 0 Å². The first-order chi connectivity index (χ1) is 8.39. The Labute approximate surface area is 109 Å². The Morgan fingerprint density at radius 3 is 2.67 bits per heavy atom. The second-order valence-electron chi connectivity index (χ2n) is 6.40. The van der Waals surface area contributed by atoms with Crippen LogP contribution >= 0.6 is 0 Å². The SMILES string of the molecule is CC1CC(C(=O)O)CCN1C1CCOC(C)(C)C1. The molecule has 0 radical (unpaired) electrons. The molecule has 4 heteroatoms. The number of nitrogens with zero attached hydrogens (tertiary/aromatic N) is 1. The van der Waals surface area contributed by atoms with Gasteiger partial charge >= 0.3 is 5.97 Å². The number of ether oxygens (including phenoxy) is 1. The van der Waals surface area contributed by atoms with Gasteiger partial charge in [0.05, 0.1) is 11.5 Å². The van der Waals surface area contributed by atoms with E-state index in [2.05, 4.69) is 25.7 Å². The Morgan fingerprint density at radius 1 is 1.39 bits per heavy atom. The van der Waals surface area contributed by atoms with E-state index in [1.54, 1.807) is 0 Å². The van der Waals surface area contributed by atoms with Crippen molar-refractivity contribution in [2.24, 2.45) is 5.92 Å². The van der Waals surface area contributed by atoms with Gasteiger partial charge in [-0.05, 0) is 53.0 Å². The van der Waals surface area contributed by atoms with Crippen LogP contribution < -0.4 is 0 Å². The van der Waals surface area contributed by atoms with E-state index in [-0.39, 0.29) is 11.5 Å². The average Bonchev–Trinajstić information content (AvgIpc) is 2.27. The molecule has 2 aliphatic rings. The van der Waals surface area contributed by atoms with E-state index in [0.29, 0.717) is 12.1 Å². The molecule has 4 nitrogen and oxygen atoms in total. The number of aliphatic carboxylic acids is 1. The standard InChI is InChI=1S/C14H25NO3/c1-10-8-11(13(16)17)4-6-15(10)12-5-7-18-14(2,3)9-12/h10-12H,4-9H2,1-3H3,(H,16,17). The van der Waals surface area contributed by atoms with Crippen molar-refractivity contribution in [1.82, 2.24) is 4.90 Å². The summed E-state index contributed by atoms with van der Waals surface area (Å²) < 4.78 is 5.76. The Kier molecular flexibility index (Phi) is 3.97. The van der Waals surface area contributed by atoms with Crippen LogP contribution in [-0.2, 0) is 9.53 Å². The predicted octanol–water partition coefficient (Wildman–Crippen LogP) is 2.13. The molecule has 2 rings (SSSR count). The van der Waals surface area contributed by atoms with Gasteiger partial charge in [0.15, 0.2) is 0 Å². The van der Waals surface area contributed by atoms with E-state index in [4.69, 9.17) is 9.84 Å². The van der Waals surface area contributed by atoms with Gasteiger partial charge in [-0.1, -0.05) is 0 Å². The zero-order chi connectivity index (χ0) is 13.3. The lowest BCUT2D eigenvalue weighted by molar-refractivity contribution is -0.145. The number of carboxylic acids is 1. The van der Waals surface area contributed by atoms with Crippen LogP contribution in [0, 0.1) is 5.92 Å². The van der Waals surface area contributed by atoms with Gasteiger partial charge in [-0.25, -0.2) is 0 Å². The van der Waals surface area contributed by atoms with Crippen molar-refractivity contribution in [3.63, 3.8) is 0 Å². The molecule has 3 unspecified atom stereocenters. The van der Waals surface area contributed by atoms with Gasteiger partial charge in [-0.3, -0.25) is 9.69 Å². The second kappa shape index (κ2) is 5.17. The maximum atomic E-state index is 11.0. The molecule has 2 aliphatic heterocycles. The Hall–Kier alpha value is -0.610. The number of rotatable bonds is 2. The van der Waals surface area contributed by atoms with Gasteiger partial charge in [0.1, 0.15) is 0 Å². The van der Waals surface area contributed by atoms with Gasteiger partial charge < -0.3 is 9.84 Å². The lowest BCUT2D eigenvalue weighted by Gasteiger charge is -2.46. The van der Waals surface area contributed by atoms with Crippen molar-refractivity contribution in [2.45, 2.75) is 64.1 Å². The fourth-order valence-electron chi connectivity index (χ4n) is 3.44. The fraction of sp³-hybridized carbons (Fsp3) is 0.929. The van der Waals surface area contributed by atoms with Crippen LogP contribution in [0.25, 0.3) is 0 Å². The fourth-order valence-corrected chi connectivity index (χ4v) is 3.44. The van der Waals surface area contributed by atoms with Crippen LogP contribution in [0.5, 0.6) is 0 Å². The first kappa shape index (κ1) is 13.8. The molecule has 0 aromatic carbocycles. The molecule has 1 N–H and O–H groups in total. The minimum absolute atomic E-state index is 0.0354. The summed E-state index contributed by atoms with van der Waals surface area (Å²) in [5.74, 6) is -0.780. The third kappa shape index (κ3) is 3.04. The molecule has 0 aliphatic carbocycles. The topological polar surface area (TPSA) is 49.8 Å². The number of hydrogen-bond acceptors (Lipinski definition) is 3. The highest BCUT2D eigenvalue weighted by Crippen LogP contribution is 2.32. The second-order valence-corrected chi connectivity index (χ2v) is 6.40. The molecular formula is C14H25NO3. The summed E-state index contributed by atoms with van der Waals surface area (Å²) in [6, 6.07) is 0.928. The van der Waals surface area contributed by atoms with E-state index < -0.39 is 5.97 Å². The third-order valence-electron chi connectivity index (χ3n) is 4.42. The lowest BCUT2D eigenvalue weighted by atomic mass is 9.86. The summed E-state index contributed by atoms with van der Waals surface area (Å²) in [6.45, 7) is 8.20. The van der Waals surface area contributed by atoms with Crippen LogP contribution in [-0.4, -0.2) is 46.8 Å². The van der Waals surface area contributed by atoms with E-state index in [1.165, 1.54) is 0 Å². The van der Waals surface area contributed by atoms with E-state index >= 15 is 0 Å². The van der Waals surface area contributed by atoms with Crippen molar-refractivity contribution >= 4 is 5.97 Å². The molecule has 2 saturated heterocycles.